The van der Waals surface area contributed by atoms with Crippen molar-refractivity contribution in [3.05, 3.63) is 72.3 Å². The van der Waals surface area contributed by atoms with Crippen molar-refractivity contribution in [1.29, 1.82) is 0 Å². The Morgan fingerprint density at radius 1 is 0.829 bits per heavy atom. The van der Waals surface area contributed by atoms with E-state index in [1.807, 2.05) is 60.7 Å². The Hall–Kier alpha value is -2.97. The van der Waals surface area contributed by atoms with E-state index in [1.165, 1.54) is 23.5 Å². The molecule has 0 aliphatic carbocycles. The molecule has 3 aromatic carbocycles. The number of benzene rings is 3. The number of hydrogen-bond donors (Lipinski definition) is 2. The van der Waals surface area contributed by atoms with Gasteiger partial charge in [-0.05, 0) is 69.8 Å². The van der Waals surface area contributed by atoms with Crippen LogP contribution in [0.2, 0.25) is 0 Å². The van der Waals surface area contributed by atoms with Crippen molar-refractivity contribution in [2.24, 2.45) is 5.41 Å². The molecule has 0 fully saturated rings. The molecule has 0 atom stereocenters. The maximum atomic E-state index is 11.6. The minimum absolute atomic E-state index is 0.0451. The molecule has 0 saturated carbocycles. The lowest BCUT2D eigenvalue weighted by Gasteiger charge is -2.34. The molecule has 0 bridgehead atoms. The molecule has 182 valence electrons. The largest absolute Gasteiger partial charge is 0.507 e. The summed E-state index contributed by atoms with van der Waals surface area (Å²) in [5.41, 5.74) is 1.21. The monoisotopic (exact) mass is 506 g/mol. The Labute approximate surface area is 214 Å². The molecule has 4 aromatic rings. The van der Waals surface area contributed by atoms with Crippen LogP contribution in [0.25, 0.3) is 5.69 Å². The van der Waals surface area contributed by atoms with E-state index in [1.54, 1.807) is 10.7 Å². The number of rotatable bonds is 7. The fraction of sp³-hybridized carbons (Fsp3) is 0.296. The number of phenols is 2. The second kappa shape index (κ2) is 9.95. The molecular formula is C27H30N4O2S2. The Bertz CT molecular complexity index is 1300. The molecular weight excluding hydrogens is 476 g/mol. The van der Waals surface area contributed by atoms with E-state index < -0.39 is 0 Å². The van der Waals surface area contributed by atoms with E-state index in [0.717, 1.165) is 22.6 Å². The molecule has 0 radical (unpaired) electrons. The topological polar surface area (TPSA) is 84.1 Å². The lowest BCUT2D eigenvalue weighted by atomic mass is 9.72. The summed E-state index contributed by atoms with van der Waals surface area (Å²) in [6.07, 6.45) is 0.835. The third-order valence-corrected chi connectivity index (χ3v) is 7.78. The Morgan fingerprint density at radius 3 is 2.09 bits per heavy atom. The van der Waals surface area contributed by atoms with Gasteiger partial charge in [0.1, 0.15) is 11.5 Å². The summed E-state index contributed by atoms with van der Waals surface area (Å²) in [6.45, 7) is 10.7. The van der Waals surface area contributed by atoms with Crippen LogP contribution in [-0.2, 0) is 5.41 Å². The SMILES string of the molecule is CC(C)(C)CC(C)(C)c1cc(O)c(Sc2nnnn2-c2ccccc2)c(Sc2ccccc2)c1O. The molecule has 0 unspecified atom stereocenters. The molecule has 35 heavy (non-hydrogen) atoms. The van der Waals surface area contributed by atoms with Crippen LogP contribution in [0.3, 0.4) is 0 Å². The van der Waals surface area contributed by atoms with E-state index in [-0.39, 0.29) is 22.3 Å². The maximum Gasteiger partial charge on any atom is 0.219 e. The van der Waals surface area contributed by atoms with Crippen LogP contribution in [0.1, 0.15) is 46.6 Å². The number of aromatic nitrogens is 4. The van der Waals surface area contributed by atoms with E-state index in [0.29, 0.717) is 14.9 Å². The van der Waals surface area contributed by atoms with Crippen molar-refractivity contribution in [1.82, 2.24) is 20.2 Å². The summed E-state index contributed by atoms with van der Waals surface area (Å²) in [6, 6.07) is 21.1. The van der Waals surface area contributed by atoms with Gasteiger partial charge < -0.3 is 10.2 Å². The second-order valence-corrected chi connectivity index (χ2v) is 12.4. The number of tetrazole rings is 1. The van der Waals surface area contributed by atoms with Crippen molar-refractivity contribution >= 4 is 23.5 Å². The van der Waals surface area contributed by atoms with Gasteiger partial charge in [0.2, 0.25) is 5.16 Å². The highest BCUT2D eigenvalue weighted by Crippen LogP contribution is 2.52. The van der Waals surface area contributed by atoms with E-state index >= 15 is 0 Å². The number of para-hydroxylation sites is 1. The zero-order valence-corrected chi connectivity index (χ0v) is 22.2. The quantitative estimate of drug-likeness (QED) is 0.259. The second-order valence-electron chi connectivity index (χ2n) is 10.3. The average Bonchev–Trinajstić information content (AvgIpc) is 3.26. The zero-order valence-electron chi connectivity index (χ0n) is 20.6. The molecule has 8 heteroatoms. The standard InChI is InChI=1S/C27H30N4O2S2/c1-26(2,3)17-27(4,5)20-16-21(32)23(24(22(20)33)34-19-14-10-7-11-15-19)35-25-28-29-30-31(25)18-12-8-6-9-13-18/h6-16,32-33H,17H2,1-5H3. The first-order valence-electron chi connectivity index (χ1n) is 11.4. The smallest absolute Gasteiger partial charge is 0.219 e. The number of hydrogen-bond acceptors (Lipinski definition) is 7. The molecule has 2 N–H and O–H groups in total. The first-order valence-corrected chi connectivity index (χ1v) is 13.0. The first-order chi connectivity index (χ1) is 16.5. The van der Waals surface area contributed by atoms with Crippen LogP contribution in [0.15, 0.2) is 86.6 Å². The van der Waals surface area contributed by atoms with E-state index in [2.05, 4.69) is 50.1 Å². The predicted molar refractivity (Wildman–Crippen MR) is 141 cm³/mol. The summed E-state index contributed by atoms with van der Waals surface area (Å²) in [5.74, 6) is 0.262. The first kappa shape index (κ1) is 25.1. The fourth-order valence-electron chi connectivity index (χ4n) is 4.42. The molecule has 6 nitrogen and oxygen atoms in total. The Kier molecular flexibility index (Phi) is 7.15. The van der Waals surface area contributed by atoms with Crippen LogP contribution in [-0.4, -0.2) is 30.4 Å². The van der Waals surface area contributed by atoms with Gasteiger partial charge in [-0.3, -0.25) is 0 Å². The highest BCUT2D eigenvalue weighted by atomic mass is 32.2. The van der Waals surface area contributed by atoms with Crippen LogP contribution >= 0.6 is 23.5 Å². The summed E-state index contributed by atoms with van der Waals surface area (Å²) in [7, 11) is 0. The van der Waals surface area contributed by atoms with Crippen molar-refractivity contribution in [3.8, 4) is 17.2 Å². The number of aromatic hydroxyl groups is 2. The lowest BCUT2D eigenvalue weighted by molar-refractivity contribution is 0.276. The Morgan fingerprint density at radius 2 is 1.46 bits per heavy atom. The van der Waals surface area contributed by atoms with Crippen LogP contribution in [0.5, 0.6) is 11.5 Å². The highest BCUT2D eigenvalue weighted by Gasteiger charge is 2.33. The van der Waals surface area contributed by atoms with Crippen LogP contribution in [0.4, 0.5) is 0 Å². The van der Waals surface area contributed by atoms with Gasteiger partial charge in [-0.15, -0.1) is 5.10 Å². The zero-order chi connectivity index (χ0) is 25.2. The summed E-state index contributed by atoms with van der Waals surface area (Å²) in [5, 5.41) is 35.5. The summed E-state index contributed by atoms with van der Waals surface area (Å²) in [4.78, 5) is 2.05. The van der Waals surface area contributed by atoms with Gasteiger partial charge in [0.15, 0.2) is 0 Å². The molecule has 1 heterocycles. The van der Waals surface area contributed by atoms with Gasteiger partial charge in [-0.1, -0.05) is 82.8 Å². The van der Waals surface area contributed by atoms with Gasteiger partial charge in [-0.25, -0.2) is 0 Å². The highest BCUT2D eigenvalue weighted by molar-refractivity contribution is 8.02. The third-order valence-electron chi connectivity index (χ3n) is 5.49. The Balaban J connectivity index is 1.83. The number of nitrogens with zero attached hydrogens (tertiary/aromatic N) is 4. The predicted octanol–water partition coefficient (Wildman–Crippen LogP) is 7.09. The van der Waals surface area contributed by atoms with Gasteiger partial charge in [0, 0.05) is 10.5 Å². The average molecular weight is 507 g/mol. The van der Waals surface area contributed by atoms with E-state index in [4.69, 9.17) is 0 Å². The molecule has 4 rings (SSSR count). The fourth-order valence-corrected chi connectivity index (χ4v) is 6.44. The minimum atomic E-state index is -0.360. The van der Waals surface area contributed by atoms with Gasteiger partial charge in [0.05, 0.1) is 15.5 Å². The molecule has 0 amide bonds. The van der Waals surface area contributed by atoms with Crippen LogP contribution < -0.4 is 0 Å². The molecule has 1 aromatic heterocycles. The molecule has 0 spiro atoms. The van der Waals surface area contributed by atoms with Gasteiger partial charge in [-0.2, -0.15) is 4.68 Å². The molecule has 0 saturated heterocycles. The van der Waals surface area contributed by atoms with Crippen molar-refractivity contribution in [2.75, 3.05) is 0 Å². The molecule has 0 aliphatic heterocycles. The van der Waals surface area contributed by atoms with Crippen molar-refractivity contribution < 1.29 is 10.2 Å². The van der Waals surface area contributed by atoms with Crippen molar-refractivity contribution in [2.45, 2.75) is 66.3 Å². The summed E-state index contributed by atoms with van der Waals surface area (Å²) >= 11 is 2.65. The normalized spacial score (nSPS) is 12.1. The van der Waals surface area contributed by atoms with Gasteiger partial charge >= 0.3 is 0 Å². The summed E-state index contributed by atoms with van der Waals surface area (Å²) < 4.78 is 1.62. The van der Waals surface area contributed by atoms with E-state index in [9.17, 15) is 10.2 Å². The molecule has 0 aliphatic rings. The van der Waals surface area contributed by atoms with Gasteiger partial charge in [0.25, 0.3) is 0 Å². The van der Waals surface area contributed by atoms with Crippen LogP contribution in [0, 0.1) is 5.41 Å². The minimum Gasteiger partial charge on any atom is -0.507 e. The third kappa shape index (κ3) is 5.82. The lowest BCUT2D eigenvalue weighted by Crippen LogP contribution is -2.25. The van der Waals surface area contributed by atoms with Crippen molar-refractivity contribution in [3.63, 3.8) is 0 Å². The maximum absolute atomic E-state index is 11.6. The number of phenolic OH excluding ortho intramolecular Hbond substituents is 2.